The van der Waals surface area contributed by atoms with E-state index in [-0.39, 0.29) is 5.78 Å². The number of aromatic amines is 1. The maximum Gasteiger partial charge on any atom is 0.160 e. The molecule has 0 radical (unpaired) electrons. The average molecular weight is 291 g/mol. The van der Waals surface area contributed by atoms with Gasteiger partial charge in [-0.05, 0) is 25.5 Å². The molecule has 0 amide bonds. The lowest BCUT2D eigenvalue weighted by Gasteiger charge is -2.08. The van der Waals surface area contributed by atoms with E-state index in [9.17, 15) is 4.79 Å². The maximum atomic E-state index is 11.8. The molecule has 0 unspecified atom stereocenters. The number of nitrogens with zero attached hydrogens (tertiary/aromatic N) is 2. The van der Waals surface area contributed by atoms with Crippen LogP contribution in [-0.4, -0.2) is 21.0 Å². The van der Waals surface area contributed by atoms with Crippen molar-refractivity contribution in [3.8, 4) is 11.3 Å². The van der Waals surface area contributed by atoms with Crippen LogP contribution in [0.25, 0.3) is 11.3 Å². The summed E-state index contributed by atoms with van der Waals surface area (Å²) >= 11 is 0. The molecule has 0 atom stereocenters. The molecular formula is C18H17N3O. The smallest absolute Gasteiger partial charge is 0.160 e. The number of carbonyl (C=O) groups excluding carboxylic acids is 1. The number of hydrogen-bond acceptors (Lipinski definition) is 3. The number of benzene rings is 1. The van der Waals surface area contributed by atoms with Crippen molar-refractivity contribution in [1.82, 2.24) is 15.2 Å². The third-order valence-corrected chi connectivity index (χ3v) is 3.77. The van der Waals surface area contributed by atoms with Gasteiger partial charge in [-0.1, -0.05) is 30.3 Å². The van der Waals surface area contributed by atoms with E-state index < -0.39 is 0 Å². The highest BCUT2D eigenvalue weighted by molar-refractivity contribution is 5.95. The first-order valence-electron chi connectivity index (χ1n) is 7.20. The number of carbonyl (C=O) groups is 1. The summed E-state index contributed by atoms with van der Waals surface area (Å²) in [5.74, 6) is 0.0554. The molecule has 0 saturated carbocycles. The molecule has 4 nitrogen and oxygen atoms in total. The fourth-order valence-corrected chi connectivity index (χ4v) is 2.61. The van der Waals surface area contributed by atoms with E-state index in [1.54, 1.807) is 25.4 Å². The van der Waals surface area contributed by atoms with Gasteiger partial charge in [0.05, 0.1) is 5.69 Å². The maximum absolute atomic E-state index is 11.8. The zero-order valence-electron chi connectivity index (χ0n) is 12.6. The van der Waals surface area contributed by atoms with Gasteiger partial charge in [0.2, 0.25) is 0 Å². The summed E-state index contributed by atoms with van der Waals surface area (Å²) in [6.45, 7) is 3.58. The highest BCUT2D eigenvalue weighted by atomic mass is 16.1. The van der Waals surface area contributed by atoms with E-state index in [0.29, 0.717) is 6.42 Å². The Morgan fingerprint density at radius 2 is 1.95 bits per heavy atom. The number of hydrogen-bond donors (Lipinski definition) is 1. The summed E-state index contributed by atoms with van der Waals surface area (Å²) in [7, 11) is 0. The summed E-state index contributed by atoms with van der Waals surface area (Å²) in [6.07, 6.45) is 4.05. The van der Waals surface area contributed by atoms with Crippen molar-refractivity contribution >= 4 is 5.78 Å². The summed E-state index contributed by atoms with van der Waals surface area (Å²) in [5.41, 5.74) is 5.75. The van der Waals surface area contributed by atoms with Crippen molar-refractivity contribution in [3.05, 3.63) is 71.2 Å². The van der Waals surface area contributed by atoms with Crippen molar-refractivity contribution in [1.29, 1.82) is 0 Å². The van der Waals surface area contributed by atoms with Crippen LogP contribution in [0, 0.1) is 6.92 Å². The topological polar surface area (TPSA) is 58.6 Å². The lowest BCUT2D eigenvalue weighted by Crippen LogP contribution is -2.02. The third kappa shape index (κ3) is 2.68. The predicted molar refractivity (Wildman–Crippen MR) is 85.8 cm³/mol. The van der Waals surface area contributed by atoms with Gasteiger partial charge >= 0.3 is 0 Å². The largest absolute Gasteiger partial charge is 0.294 e. The number of pyridine rings is 1. The quantitative estimate of drug-likeness (QED) is 0.747. The van der Waals surface area contributed by atoms with Crippen molar-refractivity contribution in [2.75, 3.05) is 0 Å². The Morgan fingerprint density at radius 3 is 2.68 bits per heavy atom. The molecule has 0 aliphatic heterocycles. The molecule has 3 rings (SSSR count). The van der Waals surface area contributed by atoms with Gasteiger partial charge in [0.25, 0.3) is 0 Å². The Morgan fingerprint density at radius 1 is 1.18 bits per heavy atom. The standard InChI is InChI=1S/C18H17N3O/c1-12-17(10-15-11-19-9-8-16(15)13(2)22)18(21-20-12)14-6-4-3-5-7-14/h3-9,11H,10H2,1-2H3,(H,20,21). The number of ketones is 1. The van der Waals surface area contributed by atoms with Crippen LogP contribution in [-0.2, 0) is 6.42 Å². The molecule has 0 bridgehead atoms. The Balaban J connectivity index is 2.04. The van der Waals surface area contributed by atoms with Gasteiger partial charge in [0.15, 0.2) is 5.78 Å². The zero-order chi connectivity index (χ0) is 15.5. The summed E-state index contributed by atoms with van der Waals surface area (Å²) < 4.78 is 0. The zero-order valence-corrected chi connectivity index (χ0v) is 12.6. The van der Waals surface area contributed by atoms with Gasteiger partial charge in [0.1, 0.15) is 0 Å². The average Bonchev–Trinajstić information content (AvgIpc) is 2.90. The highest BCUT2D eigenvalue weighted by Gasteiger charge is 2.15. The van der Waals surface area contributed by atoms with Crippen LogP contribution in [0.3, 0.4) is 0 Å². The molecule has 22 heavy (non-hydrogen) atoms. The number of nitrogens with one attached hydrogen (secondary N) is 1. The van der Waals surface area contributed by atoms with E-state index >= 15 is 0 Å². The molecule has 1 aromatic carbocycles. The molecule has 110 valence electrons. The third-order valence-electron chi connectivity index (χ3n) is 3.77. The minimum atomic E-state index is 0.0554. The minimum Gasteiger partial charge on any atom is -0.294 e. The molecule has 0 aliphatic carbocycles. The van der Waals surface area contributed by atoms with Gasteiger partial charge < -0.3 is 0 Å². The molecule has 0 aliphatic rings. The van der Waals surface area contributed by atoms with Crippen molar-refractivity contribution in [2.24, 2.45) is 0 Å². The Bertz CT molecular complexity index is 806. The summed E-state index contributed by atoms with van der Waals surface area (Å²) in [6, 6.07) is 11.8. The first kappa shape index (κ1) is 14.2. The lowest BCUT2D eigenvalue weighted by molar-refractivity contribution is 0.101. The second-order valence-electron chi connectivity index (χ2n) is 5.31. The van der Waals surface area contributed by atoms with Gasteiger partial charge in [-0.25, -0.2) is 0 Å². The summed E-state index contributed by atoms with van der Waals surface area (Å²) in [4.78, 5) is 15.9. The Labute approximate surface area is 129 Å². The fraction of sp³-hybridized carbons (Fsp3) is 0.167. The molecule has 2 aromatic heterocycles. The second-order valence-corrected chi connectivity index (χ2v) is 5.31. The van der Waals surface area contributed by atoms with Crippen LogP contribution in [0.2, 0.25) is 0 Å². The molecule has 0 saturated heterocycles. The van der Waals surface area contributed by atoms with Crippen LogP contribution in [0.4, 0.5) is 0 Å². The Kier molecular flexibility index (Phi) is 3.83. The SMILES string of the molecule is CC(=O)c1ccncc1Cc1c(-c2ccccc2)n[nH]c1C. The first-order valence-corrected chi connectivity index (χ1v) is 7.20. The summed E-state index contributed by atoms with van der Waals surface area (Å²) in [5, 5.41) is 7.48. The van der Waals surface area contributed by atoms with E-state index in [2.05, 4.69) is 15.2 Å². The van der Waals surface area contributed by atoms with Crippen LogP contribution in [0.1, 0.15) is 34.1 Å². The van der Waals surface area contributed by atoms with Crippen molar-refractivity contribution < 1.29 is 4.79 Å². The Hall–Kier alpha value is -2.75. The normalized spacial score (nSPS) is 10.6. The van der Waals surface area contributed by atoms with E-state index in [1.165, 1.54) is 0 Å². The van der Waals surface area contributed by atoms with E-state index in [0.717, 1.165) is 33.6 Å². The van der Waals surface area contributed by atoms with E-state index in [4.69, 9.17) is 0 Å². The van der Waals surface area contributed by atoms with Crippen LogP contribution >= 0.6 is 0 Å². The monoisotopic (exact) mass is 291 g/mol. The van der Waals surface area contributed by atoms with Gasteiger partial charge in [-0.15, -0.1) is 0 Å². The van der Waals surface area contributed by atoms with Crippen LogP contribution < -0.4 is 0 Å². The minimum absolute atomic E-state index is 0.0554. The number of rotatable bonds is 4. The number of H-pyrrole nitrogens is 1. The van der Waals surface area contributed by atoms with Crippen LogP contribution in [0.5, 0.6) is 0 Å². The van der Waals surface area contributed by atoms with Crippen molar-refractivity contribution in [3.63, 3.8) is 0 Å². The van der Waals surface area contributed by atoms with E-state index in [1.807, 2.05) is 37.3 Å². The van der Waals surface area contributed by atoms with Gasteiger partial charge in [-0.3, -0.25) is 14.9 Å². The molecule has 0 spiro atoms. The van der Waals surface area contributed by atoms with Crippen molar-refractivity contribution in [2.45, 2.75) is 20.3 Å². The fourth-order valence-electron chi connectivity index (χ4n) is 2.61. The molecule has 4 heteroatoms. The highest BCUT2D eigenvalue weighted by Crippen LogP contribution is 2.26. The van der Waals surface area contributed by atoms with Crippen LogP contribution in [0.15, 0.2) is 48.8 Å². The molecular weight excluding hydrogens is 274 g/mol. The molecule has 2 heterocycles. The first-order chi connectivity index (χ1) is 10.7. The number of aromatic nitrogens is 3. The number of Topliss-reactive ketones (excluding diaryl/α,β-unsaturated/α-hetero) is 1. The molecule has 3 aromatic rings. The second kappa shape index (κ2) is 5.93. The number of aryl methyl sites for hydroxylation is 1. The predicted octanol–water partition coefficient (Wildman–Crippen LogP) is 3.57. The van der Waals surface area contributed by atoms with Gasteiger partial charge in [-0.2, -0.15) is 5.10 Å². The molecule has 0 fully saturated rings. The van der Waals surface area contributed by atoms with Gasteiger partial charge in [0, 0.05) is 41.2 Å². The molecule has 1 N–H and O–H groups in total. The lowest BCUT2D eigenvalue weighted by atomic mass is 9.96.